The van der Waals surface area contributed by atoms with E-state index in [-0.39, 0.29) is 5.82 Å². The maximum Gasteiger partial charge on any atom is 0.123 e. The van der Waals surface area contributed by atoms with Crippen LogP contribution in [-0.4, -0.2) is 9.55 Å². The summed E-state index contributed by atoms with van der Waals surface area (Å²) in [6, 6.07) is 6.32. The Morgan fingerprint density at radius 2 is 2.28 bits per heavy atom. The lowest BCUT2D eigenvalue weighted by Crippen LogP contribution is -2.06. The Morgan fingerprint density at radius 3 is 3.00 bits per heavy atom. The topological polar surface area (TPSA) is 41.6 Å². The second-order valence-electron chi connectivity index (χ2n) is 4.13. The summed E-state index contributed by atoms with van der Waals surface area (Å²) in [6.45, 7) is 2.57. The predicted molar refractivity (Wildman–Crippen MR) is 66.4 cm³/mol. The first-order valence-electron chi connectivity index (χ1n) is 5.93. The predicted octanol–water partition coefficient (Wildman–Crippen LogP) is 2.89. The molecule has 1 aromatic carbocycles. The normalized spacial score (nSPS) is 10.3. The lowest BCUT2D eigenvalue weighted by atomic mass is 10.1. The van der Waals surface area contributed by atoms with Crippen LogP contribution in [0, 0.1) is 17.1 Å². The Morgan fingerprint density at radius 1 is 1.44 bits per heavy atom. The Labute approximate surface area is 106 Å². The molecular weight excluding hydrogens is 229 g/mol. The zero-order chi connectivity index (χ0) is 13.0. The molecule has 1 aromatic heterocycles. The zero-order valence-corrected chi connectivity index (χ0v) is 10.2. The van der Waals surface area contributed by atoms with Crippen LogP contribution >= 0.6 is 0 Å². The number of halogens is 1. The van der Waals surface area contributed by atoms with Gasteiger partial charge in [-0.15, -0.1) is 0 Å². The number of imidazole rings is 1. The fraction of sp³-hybridized carbons (Fsp3) is 0.286. The van der Waals surface area contributed by atoms with Gasteiger partial charge in [-0.3, -0.25) is 0 Å². The third kappa shape index (κ3) is 2.57. The van der Waals surface area contributed by atoms with E-state index in [9.17, 15) is 4.39 Å². The molecular formula is C14H14FN3. The highest BCUT2D eigenvalue weighted by Crippen LogP contribution is 2.13. The van der Waals surface area contributed by atoms with E-state index in [0.29, 0.717) is 17.7 Å². The summed E-state index contributed by atoms with van der Waals surface area (Å²) in [5.41, 5.74) is 1.19. The second kappa shape index (κ2) is 5.46. The van der Waals surface area contributed by atoms with Gasteiger partial charge in [-0.1, -0.05) is 6.92 Å². The van der Waals surface area contributed by atoms with Crippen molar-refractivity contribution in [2.75, 3.05) is 0 Å². The summed E-state index contributed by atoms with van der Waals surface area (Å²) in [6.07, 6.45) is 5.48. The average molecular weight is 243 g/mol. The standard InChI is InChI=1S/C14H14FN3/c1-2-3-14-17-6-7-18(14)10-12-8-13(15)5-4-11(12)9-16/h4-8H,2-3,10H2,1H3. The molecule has 0 unspecified atom stereocenters. The van der Waals surface area contributed by atoms with E-state index in [0.717, 1.165) is 18.7 Å². The van der Waals surface area contributed by atoms with Crippen molar-refractivity contribution >= 4 is 0 Å². The minimum Gasteiger partial charge on any atom is -0.330 e. The summed E-state index contributed by atoms with van der Waals surface area (Å²) in [5.74, 6) is 0.645. The fourth-order valence-corrected chi connectivity index (χ4v) is 1.92. The maximum atomic E-state index is 13.2. The number of nitrogens with zero attached hydrogens (tertiary/aromatic N) is 3. The SMILES string of the molecule is CCCc1nccn1Cc1cc(F)ccc1C#N. The van der Waals surface area contributed by atoms with E-state index in [2.05, 4.69) is 18.0 Å². The smallest absolute Gasteiger partial charge is 0.123 e. The number of rotatable bonds is 4. The lowest BCUT2D eigenvalue weighted by molar-refractivity contribution is 0.621. The molecule has 0 radical (unpaired) electrons. The Balaban J connectivity index is 2.31. The van der Waals surface area contributed by atoms with Crippen molar-refractivity contribution in [2.24, 2.45) is 0 Å². The van der Waals surface area contributed by atoms with Crippen LogP contribution in [0.4, 0.5) is 4.39 Å². The van der Waals surface area contributed by atoms with Gasteiger partial charge in [-0.05, 0) is 30.2 Å². The minimum absolute atomic E-state index is 0.318. The number of hydrogen-bond donors (Lipinski definition) is 0. The van der Waals surface area contributed by atoms with Gasteiger partial charge in [0.25, 0.3) is 0 Å². The van der Waals surface area contributed by atoms with Gasteiger partial charge in [-0.25, -0.2) is 9.37 Å². The van der Waals surface area contributed by atoms with E-state index in [1.807, 2.05) is 10.8 Å². The van der Waals surface area contributed by atoms with Crippen molar-refractivity contribution in [1.29, 1.82) is 5.26 Å². The van der Waals surface area contributed by atoms with E-state index >= 15 is 0 Å². The molecule has 0 fully saturated rings. The molecule has 0 saturated heterocycles. The van der Waals surface area contributed by atoms with E-state index in [1.165, 1.54) is 18.2 Å². The third-order valence-corrected chi connectivity index (χ3v) is 2.80. The summed E-state index contributed by atoms with van der Waals surface area (Å²) in [5, 5.41) is 9.01. The van der Waals surface area contributed by atoms with Crippen molar-refractivity contribution in [2.45, 2.75) is 26.3 Å². The number of benzene rings is 1. The summed E-state index contributed by atoms with van der Waals surface area (Å²) < 4.78 is 15.2. The van der Waals surface area contributed by atoms with Crippen molar-refractivity contribution in [3.05, 3.63) is 53.4 Å². The van der Waals surface area contributed by atoms with Crippen molar-refractivity contribution in [3.63, 3.8) is 0 Å². The quantitative estimate of drug-likeness (QED) is 0.828. The first-order valence-corrected chi connectivity index (χ1v) is 5.93. The van der Waals surface area contributed by atoms with Gasteiger partial charge in [0.05, 0.1) is 18.2 Å². The van der Waals surface area contributed by atoms with Crippen LogP contribution in [0.3, 0.4) is 0 Å². The molecule has 0 aliphatic carbocycles. The fourth-order valence-electron chi connectivity index (χ4n) is 1.92. The summed E-state index contributed by atoms with van der Waals surface area (Å²) in [7, 11) is 0. The zero-order valence-electron chi connectivity index (χ0n) is 10.2. The number of aryl methyl sites for hydroxylation is 1. The number of aromatic nitrogens is 2. The molecule has 4 heteroatoms. The molecule has 0 aliphatic rings. The minimum atomic E-state index is -0.318. The van der Waals surface area contributed by atoms with Crippen LogP contribution in [0.5, 0.6) is 0 Å². The molecule has 0 saturated carbocycles. The van der Waals surface area contributed by atoms with E-state index in [4.69, 9.17) is 5.26 Å². The molecule has 0 spiro atoms. The molecule has 0 atom stereocenters. The maximum absolute atomic E-state index is 13.2. The van der Waals surface area contributed by atoms with Crippen LogP contribution in [0.25, 0.3) is 0 Å². The van der Waals surface area contributed by atoms with Gasteiger partial charge in [0.15, 0.2) is 0 Å². The van der Waals surface area contributed by atoms with Gasteiger partial charge in [0.2, 0.25) is 0 Å². The highest BCUT2D eigenvalue weighted by molar-refractivity contribution is 5.38. The van der Waals surface area contributed by atoms with Crippen molar-refractivity contribution < 1.29 is 4.39 Å². The third-order valence-electron chi connectivity index (χ3n) is 2.80. The van der Waals surface area contributed by atoms with Crippen LogP contribution < -0.4 is 0 Å². The van der Waals surface area contributed by atoms with Crippen molar-refractivity contribution in [3.8, 4) is 6.07 Å². The first-order chi connectivity index (χ1) is 8.74. The number of nitriles is 1. The monoisotopic (exact) mass is 243 g/mol. The Kier molecular flexibility index (Phi) is 3.73. The Hall–Kier alpha value is -2.15. The molecule has 0 bridgehead atoms. The van der Waals surface area contributed by atoms with Crippen LogP contribution in [-0.2, 0) is 13.0 Å². The highest BCUT2D eigenvalue weighted by Gasteiger charge is 2.07. The van der Waals surface area contributed by atoms with Crippen molar-refractivity contribution in [1.82, 2.24) is 9.55 Å². The van der Waals surface area contributed by atoms with E-state index < -0.39 is 0 Å². The van der Waals surface area contributed by atoms with Gasteiger partial charge >= 0.3 is 0 Å². The average Bonchev–Trinajstić information content (AvgIpc) is 2.78. The Bertz CT molecular complexity index is 581. The van der Waals surface area contributed by atoms with Gasteiger partial charge in [-0.2, -0.15) is 5.26 Å². The second-order valence-corrected chi connectivity index (χ2v) is 4.13. The lowest BCUT2D eigenvalue weighted by Gasteiger charge is -2.08. The molecule has 2 aromatic rings. The summed E-state index contributed by atoms with van der Waals surface area (Å²) in [4.78, 5) is 4.27. The largest absolute Gasteiger partial charge is 0.330 e. The molecule has 92 valence electrons. The van der Waals surface area contributed by atoms with Gasteiger partial charge in [0.1, 0.15) is 11.6 Å². The molecule has 2 rings (SSSR count). The first kappa shape index (κ1) is 12.3. The highest BCUT2D eigenvalue weighted by atomic mass is 19.1. The molecule has 3 nitrogen and oxygen atoms in total. The molecule has 0 amide bonds. The molecule has 18 heavy (non-hydrogen) atoms. The van der Waals surface area contributed by atoms with Crippen LogP contribution in [0.2, 0.25) is 0 Å². The van der Waals surface area contributed by atoms with Crippen LogP contribution in [0.15, 0.2) is 30.6 Å². The molecule has 0 N–H and O–H groups in total. The van der Waals surface area contributed by atoms with Crippen LogP contribution in [0.1, 0.15) is 30.3 Å². The summed E-state index contributed by atoms with van der Waals surface area (Å²) >= 11 is 0. The number of hydrogen-bond acceptors (Lipinski definition) is 2. The molecule has 1 heterocycles. The molecule has 0 aliphatic heterocycles. The van der Waals surface area contributed by atoms with Gasteiger partial charge in [0, 0.05) is 18.8 Å². The van der Waals surface area contributed by atoms with E-state index in [1.54, 1.807) is 6.20 Å². The van der Waals surface area contributed by atoms with Gasteiger partial charge < -0.3 is 4.57 Å².